The second kappa shape index (κ2) is 8.86. The fraction of sp³-hybridized carbons (Fsp3) is 0.310. The topological polar surface area (TPSA) is 70.1 Å². The summed E-state index contributed by atoms with van der Waals surface area (Å²) in [5, 5.41) is 4.50. The van der Waals surface area contributed by atoms with Gasteiger partial charge in [0, 0.05) is 51.9 Å². The number of piperidine rings is 1. The van der Waals surface area contributed by atoms with Crippen LogP contribution < -0.4 is 5.32 Å². The maximum atomic E-state index is 13.2. The van der Waals surface area contributed by atoms with Gasteiger partial charge in [-0.15, -0.1) is 0 Å². The SMILES string of the molecule is Cc1ccc2c(C3=C(c4c[nH]c5ccccc45)C(=O)NC3=O)cn(CCCN3CCCCC3)c2c1. The van der Waals surface area contributed by atoms with Gasteiger partial charge in [0.05, 0.1) is 11.1 Å². The van der Waals surface area contributed by atoms with Crippen LogP contribution in [-0.2, 0) is 16.1 Å². The molecule has 2 aromatic carbocycles. The van der Waals surface area contributed by atoms with E-state index in [1.54, 1.807) is 0 Å². The normalized spacial score (nSPS) is 17.2. The van der Waals surface area contributed by atoms with Crippen molar-refractivity contribution in [1.29, 1.82) is 0 Å². The van der Waals surface area contributed by atoms with Crippen LogP contribution in [-0.4, -0.2) is 45.9 Å². The molecule has 178 valence electrons. The third kappa shape index (κ3) is 3.88. The minimum Gasteiger partial charge on any atom is -0.361 e. The van der Waals surface area contributed by atoms with Gasteiger partial charge in [0.1, 0.15) is 0 Å². The number of hydrogen-bond acceptors (Lipinski definition) is 3. The summed E-state index contributed by atoms with van der Waals surface area (Å²) in [5.74, 6) is -0.670. The fourth-order valence-corrected chi connectivity index (χ4v) is 5.68. The van der Waals surface area contributed by atoms with E-state index in [1.807, 2.05) is 30.5 Å². The molecule has 1 saturated heterocycles. The lowest BCUT2D eigenvalue weighted by atomic mass is 9.95. The van der Waals surface area contributed by atoms with Crippen LogP contribution in [0.5, 0.6) is 0 Å². The minimum absolute atomic E-state index is 0.330. The van der Waals surface area contributed by atoms with E-state index >= 15 is 0 Å². The highest BCUT2D eigenvalue weighted by Gasteiger charge is 2.35. The van der Waals surface area contributed by atoms with Crippen LogP contribution in [0.15, 0.2) is 54.9 Å². The van der Waals surface area contributed by atoms with Gasteiger partial charge in [-0.2, -0.15) is 0 Å². The first-order valence-corrected chi connectivity index (χ1v) is 12.6. The zero-order chi connectivity index (χ0) is 23.9. The van der Waals surface area contributed by atoms with E-state index in [0.29, 0.717) is 11.1 Å². The second-order valence-electron chi connectivity index (χ2n) is 9.79. The van der Waals surface area contributed by atoms with Gasteiger partial charge in [-0.3, -0.25) is 14.9 Å². The summed E-state index contributed by atoms with van der Waals surface area (Å²) in [6.45, 7) is 6.44. The zero-order valence-corrected chi connectivity index (χ0v) is 20.1. The van der Waals surface area contributed by atoms with Gasteiger partial charge in [-0.05, 0) is 63.5 Å². The van der Waals surface area contributed by atoms with Crippen molar-refractivity contribution in [3.8, 4) is 0 Å². The number of fused-ring (bicyclic) bond motifs is 2. The number of aromatic amines is 1. The lowest BCUT2D eigenvalue weighted by Gasteiger charge is -2.26. The summed E-state index contributed by atoms with van der Waals surface area (Å²) in [6, 6.07) is 14.2. The van der Waals surface area contributed by atoms with Gasteiger partial charge in [0.25, 0.3) is 11.8 Å². The van der Waals surface area contributed by atoms with E-state index in [2.05, 4.69) is 51.1 Å². The number of para-hydroxylation sites is 1. The molecule has 2 aromatic heterocycles. The second-order valence-corrected chi connectivity index (χ2v) is 9.79. The van der Waals surface area contributed by atoms with Crippen LogP contribution >= 0.6 is 0 Å². The maximum absolute atomic E-state index is 13.2. The summed E-state index contributed by atoms with van der Waals surface area (Å²) in [6.07, 6.45) is 8.89. The average Bonchev–Trinajstić information content (AvgIpc) is 3.52. The number of aromatic nitrogens is 2. The number of amides is 2. The standard InChI is InChI=1S/C29H30N4O2/c1-19-10-11-21-23(18-33(25(21)16-19)15-7-14-32-12-5-2-6-13-32)27-26(28(34)31-29(27)35)22-17-30-24-9-4-3-8-20(22)24/h3-4,8-11,16-18,30H,2,5-7,12-15H2,1H3,(H,31,34,35). The number of nitrogens with zero attached hydrogens (tertiary/aromatic N) is 2. The Bertz CT molecular complexity index is 1480. The van der Waals surface area contributed by atoms with E-state index in [9.17, 15) is 9.59 Å². The Morgan fingerprint density at radius 3 is 2.46 bits per heavy atom. The first-order chi connectivity index (χ1) is 17.1. The van der Waals surface area contributed by atoms with Gasteiger partial charge in [-0.1, -0.05) is 36.8 Å². The molecule has 6 nitrogen and oxygen atoms in total. The molecule has 0 spiro atoms. The molecule has 2 amide bonds. The van der Waals surface area contributed by atoms with Crippen molar-refractivity contribution in [2.24, 2.45) is 0 Å². The molecule has 0 unspecified atom stereocenters. The summed E-state index contributed by atoms with van der Waals surface area (Å²) < 4.78 is 2.26. The van der Waals surface area contributed by atoms with Crippen LogP contribution in [0.1, 0.15) is 42.4 Å². The number of aryl methyl sites for hydroxylation is 2. The van der Waals surface area contributed by atoms with Crippen LogP contribution in [0.3, 0.4) is 0 Å². The number of carbonyl (C=O) groups is 2. The average molecular weight is 467 g/mol. The Labute approximate surface area is 204 Å². The van der Waals surface area contributed by atoms with Crippen molar-refractivity contribution in [1.82, 2.24) is 19.8 Å². The number of likely N-dealkylation sites (tertiary alicyclic amines) is 1. The summed E-state index contributed by atoms with van der Waals surface area (Å²) in [5.41, 5.74) is 5.72. The number of benzene rings is 2. The number of H-pyrrole nitrogens is 1. The largest absolute Gasteiger partial charge is 0.361 e. The van der Waals surface area contributed by atoms with E-state index in [-0.39, 0.29) is 11.8 Å². The molecule has 1 fully saturated rings. The highest BCUT2D eigenvalue weighted by Crippen LogP contribution is 2.38. The van der Waals surface area contributed by atoms with Crippen LogP contribution in [0.25, 0.3) is 33.0 Å². The Morgan fingerprint density at radius 2 is 1.63 bits per heavy atom. The van der Waals surface area contributed by atoms with Gasteiger partial charge >= 0.3 is 0 Å². The number of hydrogen-bond donors (Lipinski definition) is 2. The number of rotatable bonds is 6. The van der Waals surface area contributed by atoms with Gasteiger partial charge in [-0.25, -0.2) is 0 Å². The number of nitrogens with one attached hydrogen (secondary N) is 2. The van der Waals surface area contributed by atoms with Crippen molar-refractivity contribution in [2.45, 2.75) is 39.2 Å². The molecule has 0 saturated carbocycles. The fourth-order valence-electron chi connectivity index (χ4n) is 5.68. The molecule has 0 bridgehead atoms. The van der Waals surface area contributed by atoms with Gasteiger partial charge < -0.3 is 14.5 Å². The first-order valence-electron chi connectivity index (χ1n) is 12.6. The zero-order valence-electron chi connectivity index (χ0n) is 20.1. The smallest absolute Gasteiger partial charge is 0.259 e. The molecule has 35 heavy (non-hydrogen) atoms. The van der Waals surface area contributed by atoms with Crippen molar-refractivity contribution in [3.05, 3.63) is 71.5 Å². The number of imide groups is 1. The van der Waals surface area contributed by atoms with E-state index in [0.717, 1.165) is 52.4 Å². The molecule has 2 N–H and O–H groups in total. The molecule has 2 aliphatic rings. The Hall–Kier alpha value is -3.64. The van der Waals surface area contributed by atoms with E-state index < -0.39 is 0 Å². The Balaban J connectivity index is 1.44. The van der Waals surface area contributed by atoms with Gasteiger partial charge in [0.15, 0.2) is 0 Å². The summed E-state index contributed by atoms with van der Waals surface area (Å²) >= 11 is 0. The van der Waals surface area contributed by atoms with Crippen LogP contribution in [0, 0.1) is 6.92 Å². The highest BCUT2D eigenvalue weighted by atomic mass is 16.2. The third-order valence-corrected chi connectivity index (χ3v) is 7.42. The van der Waals surface area contributed by atoms with Crippen molar-refractivity contribution in [3.63, 3.8) is 0 Å². The quantitative estimate of drug-likeness (QED) is 0.398. The first kappa shape index (κ1) is 21.9. The Morgan fingerprint density at radius 1 is 0.857 bits per heavy atom. The van der Waals surface area contributed by atoms with E-state index in [4.69, 9.17) is 0 Å². The molecule has 0 radical (unpaired) electrons. The molecule has 4 heterocycles. The van der Waals surface area contributed by atoms with Crippen molar-refractivity contribution >= 4 is 44.8 Å². The summed E-state index contributed by atoms with van der Waals surface area (Å²) in [4.78, 5) is 32.0. The minimum atomic E-state index is -0.340. The molecule has 2 aliphatic heterocycles. The van der Waals surface area contributed by atoms with Crippen LogP contribution in [0.4, 0.5) is 0 Å². The monoisotopic (exact) mass is 466 g/mol. The predicted molar refractivity (Wildman–Crippen MR) is 140 cm³/mol. The van der Waals surface area contributed by atoms with E-state index in [1.165, 1.54) is 37.9 Å². The lowest BCUT2D eigenvalue weighted by Crippen LogP contribution is -2.31. The number of carbonyl (C=O) groups excluding carboxylic acids is 2. The molecule has 6 rings (SSSR count). The molecule has 0 atom stereocenters. The molecule has 6 heteroatoms. The Kier molecular flexibility index (Phi) is 5.53. The lowest BCUT2D eigenvalue weighted by molar-refractivity contribution is -0.122. The predicted octanol–water partition coefficient (Wildman–Crippen LogP) is 4.87. The van der Waals surface area contributed by atoms with Crippen molar-refractivity contribution in [2.75, 3.05) is 19.6 Å². The van der Waals surface area contributed by atoms with Crippen LogP contribution in [0.2, 0.25) is 0 Å². The highest BCUT2D eigenvalue weighted by molar-refractivity contribution is 6.50. The summed E-state index contributed by atoms with van der Waals surface area (Å²) in [7, 11) is 0. The maximum Gasteiger partial charge on any atom is 0.259 e. The molecule has 0 aliphatic carbocycles. The third-order valence-electron chi connectivity index (χ3n) is 7.42. The van der Waals surface area contributed by atoms with Gasteiger partial charge in [0.2, 0.25) is 0 Å². The molecule has 4 aromatic rings. The molecular weight excluding hydrogens is 436 g/mol. The molecular formula is C29H30N4O2. The van der Waals surface area contributed by atoms with Crippen molar-refractivity contribution < 1.29 is 9.59 Å².